The van der Waals surface area contributed by atoms with Gasteiger partial charge in [0.1, 0.15) is 0 Å². The van der Waals surface area contributed by atoms with E-state index in [-0.39, 0.29) is 6.10 Å². The van der Waals surface area contributed by atoms with E-state index in [2.05, 4.69) is 29.1 Å². The summed E-state index contributed by atoms with van der Waals surface area (Å²) < 4.78 is 5.57. The van der Waals surface area contributed by atoms with E-state index in [0.717, 1.165) is 18.7 Å². The molecule has 0 aliphatic heterocycles. The smallest absolute Gasteiger partial charge is 0.226 e. The highest BCUT2D eigenvalue weighted by atomic mass is 16.5. The fourth-order valence-electron chi connectivity index (χ4n) is 1.39. The van der Waals surface area contributed by atoms with E-state index in [9.17, 15) is 0 Å². The number of rotatable bonds is 6. The molecule has 17 heavy (non-hydrogen) atoms. The van der Waals surface area contributed by atoms with E-state index >= 15 is 0 Å². The molecular weight excluding hydrogens is 214 g/mol. The largest absolute Gasteiger partial charge is 0.475 e. The molecule has 0 fully saturated rings. The topological polar surface area (TPSA) is 47.0 Å². The Morgan fingerprint density at radius 3 is 2.53 bits per heavy atom. The normalized spacial score (nSPS) is 11.0. The number of anilines is 1. The lowest BCUT2D eigenvalue weighted by atomic mass is 10.1. The van der Waals surface area contributed by atoms with Gasteiger partial charge >= 0.3 is 0 Å². The maximum absolute atomic E-state index is 5.57. The fourth-order valence-corrected chi connectivity index (χ4v) is 1.39. The van der Waals surface area contributed by atoms with E-state index in [0.29, 0.717) is 17.7 Å². The first-order chi connectivity index (χ1) is 7.97. The van der Waals surface area contributed by atoms with Gasteiger partial charge in [0.15, 0.2) is 0 Å². The van der Waals surface area contributed by atoms with Crippen LogP contribution in [0.2, 0.25) is 0 Å². The summed E-state index contributed by atoms with van der Waals surface area (Å²) in [6.45, 7) is 11.2. The van der Waals surface area contributed by atoms with Crippen LogP contribution in [0, 0.1) is 12.8 Å². The number of aromatic nitrogens is 2. The number of nitrogens with one attached hydrogen (secondary N) is 1. The summed E-state index contributed by atoms with van der Waals surface area (Å²) in [6, 6.07) is 1.85. The maximum Gasteiger partial charge on any atom is 0.226 e. The van der Waals surface area contributed by atoms with Crippen molar-refractivity contribution in [1.82, 2.24) is 9.97 Å². The molecule has 0 saturated heterocycles. The first-order valence-electron chi connectivity index (χ1n) is 6.23. The molecule has 0 aliphatic carbocycles. The van der Waals surface area contributed by atoms with Crippen molar-refractivity contribution in [2.45, 2.75) is 47.1 Å². The monoisotopic (exact) mass is 237 g/mol. The molecule has 0 bridgehead atoms. The molecule has 0 spiro atoms. The Hall–Kier alpha value is -1.32. The van der Waals surface area contributed by atoms with Crippen LogP contribution in [0.5, 0.6) is 5.88 Å². The highest BCUT2D eigenvalue weighted by Gasteiger charge is 2.04. The molecule has 0 aliphatic rings. The van der Waals surface area contributed by atoms with Gasteiger partial charge in [-0.2, -0.15) is 4.98 Å². The van der Waals surface area contributed by atoms with Gasteiger partial charge in [-0.15, -0.1) is 0 Å². The Kier molecular flexibility index (Phi) is 5.19. The van der Waals surface area contributed by atoms with Crippen molar-refractivity contribution < 1.29 is 4.74 Å². The van der Waals surface area contributed by atoms with Crippen molar-refractivity contribution in [2.75, 3.05) is 11.9 Å². The molecule has 4 nitrogen and oxygen atoms in total. The Labute approximate surface area is 104 Å². The molecule has 96 valence electrons. The van der Waals surface area contributed by atoms with Crippen LogP contribution in [-0.4, -0.2) is 22.6 Å². The molecular formula is C13H23N3O. The fraction of sp³-hybridized carbons (Fsp3) is 0.692. The highest BCUT2D eigenvalue weighted by Crippen LogP contribution is 2.13. The Bertz CT molecular complexity index is 351. The van der Waals surface area contributed by atoms with Gasteiger partial charge in [-0.3, -0.25) is 0 Å². The molecule has 0 radical (unpaired) electrons. The number of ether oxygens (including phenoxy) is 1. The van der Waals surface area contributed by atoms with Gasteiger partial charge in [0.05, 0.1) is 6.10 Å². The molecule has 1 aromatic rings. The zero-order valence-electron chi connectivity index (χ0n) is 11.4. The van der Waals surface area contributed by atoms with Gasteiger partial charge in [0.2, 0.25) is 11.8 Å². The summed E-state index contributed by atoms with van der Waals surface area (Å²) in [7, 11) is 0. The third kappa shape index (κ3) is 5.52. The van der Waals surface area contributed by atoms with Crippen LogP contribution in [0.15, 0.2) is 6.07 Å². The first kappa shape index (κ1) is 13.7. The number of aryl methyl sites for hydroxylation is 1. The second kappa shape index (κ2) is 6.42. The van der Waals surface area contributed by atoms with Crippen molar-refractivity contribution in [2.24, 2.45) is 5.92 Å². The minimum absolute atomic E-state index is 0.132. The summed E-state index contributed by atoms with van der Waals surface area (Å²) in [5, 5.41) is 3.23. The van der Waals surface area contributed by atoms with Gasteiger partial charge in [-0.1, -0.05) is 13.8 Å². The standard InChI is InChI=1S/C13H23N3O/c1-9(2)6-7-14-13-15-11(5)8-12(16-13)17-10(3)4/h8-10H,6-7H2,1-5H3,(H,14,15,16). The number of hydrogen-bond donors (Lipinski definition) is 1. The van der Waals surface area contributed by atoms with Crippen molar-refractivity contribution >= 4 is 5.95 Å². The van der Waals surface area contributed by atoms with Crippen LogP contribution in [-0.2, 0) is 0 Å². The Balaban J connectivity index is 2.62. The van der Waals surface area contributed by atoms with Gasteiger partial charge in [0.25, 0.3) is 0 Å². The summed E-state index contributed by atoms with van der Waals surface area (Å²) in [5.41, 5.74) is 0.919. The van der Waals surface area contributed by atoms with Crippen molar-refractivity contribution in [1.29, 1.82) is 0 Å². The van der Waals surface area contributed by atoms with E-state index in [1.165, 1.54) is 0 Å². The predicted molar refractivity (Wildman–Crippen MR) is 70.5 cm³/mol. The van der Waals surface area contributed by atoms with Crippen molar-refractivity contribution in [3.8, 4) is 5.88 Å². The lowest BCUT2D eigenvalue weighted by Gasteiger charge is -2.12. The molecule has 0 amide bonds. The van der Waals surface area contributed by atoms with Crippen LogP contribution >= 0.6 is 0 Å². The van der Waals surface area contributed by atoms with Crippen LogP contribution in [0.1, 0.15) is 39.8 Å². The van der Waals surface area contributed by atoms with E-state index < -0.39 is 0 Å². The van der Waals surface area contributed by atoms with Crippen LogP contribution < -0.4 is 10.1 Å². The lowest BCUT2D eigenvalue weighted by molar-refractivity contribution is 0.232. The average Bonchev–Trinajstić information content (AvgIpc) is 2.14. The zero-order valence-corrected chi connectivity index (χ0v) is 11.4. The summed E-state index contributed by atoms with van der Waals surface area (Å²) in [4.78, 5) is 8.66. The number of hydrogen-bond acceptors (Lipinski definition) is 4. The first-order valence-corrected chi connectivity index (χ1v) is 6.23. The molecule has 0 aromatic carbocycles. The molecule has 1 aromatic heterocycles. The lowest BCUT2D eigenvalue weighted by Crippen LogP contribution is -2.11. The molecule has 0 atom stereocenters. The van der Waals surface area contributed by atoms with Gasteiger partial charge in [-0.05, 0) is 33.1 Å². The number of nitrogens with zero attached hydrogens (tertiary/aromatic N) is 2. The van der Waals surface area contributed by atoms with E-state index in [1.54, 1.807) is 0 Å². The zero-order chi connectivity index (χ0) is 12.8. The summed E-state index contributed by atoms with van der Waals surface area (Å²) in [6.07, 6.45) is 1.24. The molecule has 1 N–H and O–H groups in total. The SMILES string of the molecule is Cc1cc(OC(C)C)nc(NCCC(C)C)n1. The summed E-state index contributed by atoms with van der Waals surface area (Å²) in [5.74, 6) is 1.97. The molecule has 0 saturated carbocycles. The Morgan fingerprint density at radius 2 is 1.94 bits per heavy atom. The van der Waals surface area contributed by atoms with Crippen molar-refractivity contribution in [3.63, 3.8) is 0 Å². The van der Waals surface area contributed by atoms with E-state index in [1.807, 2.05) is 26.8 Å². The molecule has 1 rings (SSSR count). The van der Waals surface area contributed by atoms with Crippen LogP contribution in [0.3, 0.4) is 0 Å². The maximum atomic E-state index is 5.57. The van der Waals surface area contributed by atoms with Crippen LogP contribution in [0.4, 0.5) is 5.95 Å². The van der Waals surface area contributed by atoms with Crippen molar-refractivity contribution in [3.05, 3.63) is 11.8 Å². The average molecular weight is 237 g/mol. The summed E-state index contributed by atoms with van der Waals surface area (Å²) >= 11 is 0. The van der Waals surface area contributed by atoms with Gasteiger partial charge in [0, 0.05) is 18.3 Å². The third-order valence-electron chi connectivity index (χ3n) is 2.19. The predicted octanol–water partition coefficient (Wildman–Crippen LogP) is 3.03. The third-order valence-corrected chi connectivity index (χ3v) is 2.19. The van der Waals surface area contributed by atoms with Crippen LogP contribution in [0.25, 0.3) is 0 Å². The van der Waals surface area contributed by atoms with Gasteiger partial charge in [-0.25, -0.2) is 4.98 Å². The molecule has 1 heterocycles. The minimum atomic E-state index is 0.132. The van der Waals surface area contributed by atoms with E-state index in [4.69, 9.17) is 4.74 Å². The quantitative estimate of drug-likeness (QED) is 0.826. The second-order valence-corrected chi connectivity index (χ2v) is 4.95. The highest BCUT2D eigenvalue weighted by molar-refractivity contribution is 5.30. The molecule has 4 heteroatoms. The molecule has 0 unspecified atom stereocenters. The second-order valence-electron chi connectivity index (χ2n) is 4.95. The minimum Gasteiger partial charge on any atom is -0.475 e. The van der Waals surface area contributed by atoms with Gasteiger partial charge < -0.3 is 10.1 Å². The Morgan fingerprint density at radius 1 is 1.24 bits per heavy atom.